The fraction of sp³-hybridized carbons (Fsp3) is 0.353. The molecule has 134 valence electrons. The van der Waals surface area contributed by atoms with Crippen LogP contribution < -0.4 is 15.7 Å². The molecule has 0 amide bonds. The second-order valence-corrected chi connectivity index (χ2v) is 6.73. The Hall–Kier alpha value is -2.45. The van der Waals surface area contributed by atoms with Gasteiger partial charge in [-0.3, -0.25) is 0 Å². The minimum atomic E-state index is -0.853. The summed E-state index contributed by atoms with van der Waals surface area (Å²) in [7, 11) is 0. The minimum Gasteiger partial charge on any atom is -0.434 e. The maximum absolute atomic E-state index is 13.9. The summed E-state index contributed by atoms with van der Waals surface area (Å²) in [6, 6.07) is 4.51. The molecule has 2 heterocycles. The zero-order chi connectivity index (χ0) is 18.4. The van der Waals surface area contributed by atoms with Gasteiger partial charge in [-0.05, 0) is 45.9 Å². The number of nitrogens with two attached hydrogens (primary N) is 1. The summed E-state index contributed by atoms with van der Waals surface area (Å²) in [5.41, 5.74) is 5.12. The third-order valence-corrected chi connectivity index (χ3v) is 4.22. The molecule has 6 nitrogen and oxygen atoms in total. The van der Waals surface area contributed by atoms with E-state index in [1.807, 2.05) is 27.7 Å². The summed E-state index contributed by atoms with van der Waals surface area (Å²) in [6.07, 6.45) is 1.35. The zero-order valence-corrected chi connectivity index (χ0v) is 14.3. The van der Waals surface area contributed by atoms with Gasteiger partial charge < -0.3 is 10.5 Å². The Kier molecular flexibility index (Phi) is 4.04. The van der Waals surface area contributed by atoms with Gasteiger partial charge in [0, 0.05) is 6.07 Å². The largest absolute Gasteiger partial charge is 0.434 e. The maximum Gasteiger partial charge on any atom is 0.248 e. The van der Waals surface area contributed by atoms with Gasteiger partial charge in [0.15, 0.2) is 17.3 Å². The molecule has 1 aromatic carbocycles. The molecule has 0 saturated carbocycles. The molecule has 1 fully saturated rings. The van der Waals surface area contributed by atoms with Gasteiger partial charge in [-0.15, -0.1) is 5.23 Å². The molecule has 2 aromatic rings. The van der Waals surface area contributed by atoms with Gasteiger partial charge in [0.05, 0.1) is 11.9 Å². The zero-order valence-electron chi connectivity index (χ0n) is 14.3. The van der Waals surface area contributed by atoms with Crippen molar-refractivity contribution in [3.8, 4) is 11.6 Å². The molecular formula is C17H19F2N3O3. The Bertz CT molecular complexity index is 796. The van der Waals surface area contributed by atoms with Crippen molar-refractivity contribution in [2.45, 2.75) is 38.9 Å². The molecule has 8 heteroatoms. The van der Waals surface area contributed by atoms with E-state index in [9.17, 15) is 8.78 Å². The number of aromatic nitrogens is 1. The number of hydrogen-bond donors (Lipinski definition) is 1. The molecule has 1 saturated heterocycles. The monoisotopic (exact) mass is 351 g/mol. The second kappa shape index (κ2) is 5.82. The predicted octanol–water partition coefficient (Wildman–Crippen LogP) is 3.97. The van der Waals surface area contributed by atoms with Gasteiger partial charge in [0.2, 0.25) is 5.88 Å². The van der Waals surface area contributed by atoms with Crippen molar-refractivity contribution in [1.29, 1.82) is 0 Å². The molecule has 0 unspecified atom stereocenters. The molecule has 1 aliphatic rings. The lowest BCUT2D eigenvalue weighted by atomic mass is 9.90. The molecule has 25 heavy (non-hydrogen) atoms. The van der Waals surface area contributed by atoms with Crippen molar-refractivity contribution in [1.82, 2.24) is 4.98 Å². The van der Waals surface area contributed by atoms with Crippen molar-refractivity contribution in [3.05, 3.63) is 42.1 Å². The summed E-state index contributed by atoms with van der Waals surface area (Å²) < 4.78 is 32.4. The average Bonchev–Trinajstić information content (AvgIpc) is 2.72. The Morgan fingerprint density at radius 3 is 2.32 bits per heavy atom. The van der Waals surface area contributed by atoms with Crippen LogP contribution >= 0.6 is 0 Å². The number of ether oxygens (including phenoxy) is 1. The van der Waals surface area contributed by atoms with Crippen LogP contribution in [0.4, 0.5) is 20.2 Å². The quantitative estimate of drug-likeness (QED) is 0.902. The summed E-state index contributed by atoms with van der Waals surface area (Å²) in [6.45, 7) is 7.47. The number of nitrogen functional groups attached to an aromatic ring is 1. The Balaban J connectivity index is 1.97. The van der Waals surface area contributed by atoms with Crippen LogP contribution in [0.5, 0.6) is 11.6 Å². The van der Waals surface area contributed by atoms with E-state index >= 15 is 0 Å². The van der Waals surface area contributed by atoms with Crippen LogP contribution in [-0.2, 0) is 9.68 Å². The van der Waals surface area contributed by atoms with E-state index in [1.165, 1.54) is 18.3 Å². The SMILES string of the molecule is CC1(C)ON(c2cc(N)cnc2Oc2ccc(F)cc2F)OC1(C)C. The lowest BCUT2D eigenvalue weighted by molar-refractivity contribution is -0.0281. The minimum absolute atomic E-state index is 0.00760. The first-order valence-corrected chi connectivity index (χ1v) is 7.66. The number of nitrogens with zero attached hydrogens (tertiary/aromatic N) is 2. The Morgan fingerprint density at radius 2 is 1.72 bits per heavy atom. The van der Waals surface area contributed by atoms with Gasteiger partial charge in [0.1, 0.15) is 17.0 Å². The predicted molar refractivity (Wildman–Crippen MR) is 87.9 cm³/mol. The van der Waals surface area contributed by atoms with E-state index in [1.54, 1.807) is 0 Å². The third kappa shape index (κ3) is 3.22. The van der Waals surface area contributed by atoms with Gasteiger partial charge in [-0.25, -0.2) is 23.4 Å². The first kappa shape index (κ1) is 17.4. The van der Waals surface area contributed by atoms with Crippen molar-refractivity contribution in [2.24, 2.45) is 0 Å². The fourth-order valence-corrected chi connectivity index (χ4v) is 2.08. The molecule has 1 aliphatic heterocycles. The molecule has 0 radical (unpaired) electrons. The van der Waals surface area contributed by atoms with E-state index in [0.717, 1.165) is 17.4 Å². The summed E-state index contributed by atoms with van der Waals surface area (Å²) in [4.78, 5) is 15.7. The van der Waals surface area contributed by atoms with E-state index < -0.39 is 22.8 Å². The van der Waals surface area contributed by atoms with Crippen molar-refractivity contribution in [3.63, 3.8) is 0 Å². The number of anilines is 2. The summed E-state index contributed by atoms with van der Waals surface area (Å²) in [5.74, 6) is -1.73. The normalized spacial score (nSPS) is 18.4. The molecule has 0 spiro atoms. The fourth-order valence-electron chi connectivity index (χ4n) is 2.08. The van der Waals surface area contributed by atoms with E-state index in [4.69, 9.17) is 20.1 Å². The third-order valence-electron chi connectivity index (χ3n) is 4.22. The number of pyridine rings is 1. The van der Waals surface area contributed by atoms with Crippen LogP contribution in [0, 0.1) is 11.6 Å². The highest BCUT2D eigenvalue weighted by Crippen LogP contribution is 2.43. The average molecular weight is 351 g/mol. The highest BCUT2D eigenvalue weighted by atomic mass is 19.1. The Labute approximate surface area is 144 Å². The molecule has 1 aromatic heterocycles. The molecule has 3 rings (SSSR count). The van der Waals surface area contributed by atoms with E-state index in [-0.39, 0.29) is 17.3 Å². The Morgan fingerprint density at radius 1 is 1.08 bits per heavy atom. The highest BCUT2D eigenvalue weighted by Gasteiger charge is 2.50. The van der Waals surface area contributed by atoms with Crippen LogP contribution in [0.1, 0.15) is 27.7 Å². The second-order valence-electron chi connectivity index (χ2n) is 6.73. The maximum atomic E-state index is 13.9. The molecule has 0 bridgehead atoms. The van der Waals surface area contributed by atoms with Crippen molar-refractivity contribution >= 4 is 11.4 Å². The van der Waals surface area contributed by atoms with Gasteiger partial charge in [-0.1, -0.05) is 0 Å². The van der Waals surface area contributed by atoms with Gasteiger partial charge >= 0.3 is 0 Å². The number of halogens is 2. The van der Waals surface area contributed by atoms with Crippen LogP contribution in [0.2, 0.25) is 0 Å². The summed E-state index contributed by atoms with van der Waals surface area (Å²) >= 11 is 0. The van der Waals surface area contributed by atoms with Crippen LogP contribution in [0.3, 0.4) is 0 Å². The molecular weight excluding hydrogens is 332 g/mol. The summed E-state index contributed by atoms with van der Waals surface area (Å²) in [5, 5.41) is 1.15. The first-order chi connectivity index (χ1) is 11.6. The van der Waals surface area contributed by atoms with Crippen molar-refractivity contribution < 1.29 is 23.2 Å². The van der Waals surface area contributed by atoms with E-state index in [0.29, 0.717) is 5.69 Å². The molecule has 0 aliphatic carbocycles. The molecule has 0 atom stereocenters. The van der Waals surface area contributed by atoms with Gasteiger partial charge in [-0.2, -0.15) is 0 Å². The van der Waals surface area contributed by atoms with Crippen LogP contribution in [0.15, 0.2) is 30.5 Å². The lowest BCUT2D eigenvalue weighted by Crippen LogP contribution is -2.41. The standard InChI is InChI=1S/C17H19F2N3O3/c1-16(2)17(3,4)25-22(24-16)13-8-11(20)9-21-15(13)23-14-6-5-10(18)7-12(14)19/h5-9H,20H2,1-4H3. The smallest absolute Gasteiger partial charge is 0.248 e. The topological polar surface area (TPSA) is 69.8 Å². The lowest BCUT2D eigenvalue weighted by Gasteiger charge is -2.26. The number of benzene rings is 1. The van der Waals surface area contributed by atoms with E-state index in [2.05, 4.69) is 4.98 Å². The number of hydrogen-bond acceptors (Lipinski definition) is 6. The first-order valence-electron chi connectivity index (χ1n) is 7.66. The van der Waals surface area contributed by atoms with Crippen molar-refractivity contribution in [2.75, 3.05) is 11.0 Å². The molecule has 2 N–H and O–H groups in total. The van der Waals surface area contributed by atoms with Gasteiger partial charge in [0.25, 0.3) is 0 Å². The van der Waals surface area contributed by atoms with Crippen LogP contribution in [-0.4, -0.2) is 16.2 Å². The number of rotatable bonds is 3. The highest BCUT2D eigenvalue weighted by molar-refractivity contribution is 5.60. The van der Waals surface area contributed by atoms with Crippen LogP contribution in [0.25, 0.3) is 0 Å².